The van der Waals surface area contributed by atoms with Crippen molar-refractivity contribution in [1.82, 2.24) is 9.80 Å². The molecule has 0 spiro atoms. The topological polar surface area (TPSA) is 30.3 Å². The van der Waals surface area contributed by atoms with Crippen LogP contribution in [0.4, 0.5) is 0 Å². The highest BCUT2D eigenvalue weighted by Gasteiger charge is 2.28. The van der Waals surface area contributed by atoms with Gasteiger partial charge in [0, 0.05) is 31.6 Å². The third kappa shape index (κ3) is 3.21. The molecule has 3 heteroatoms. The van der Waals surface area contributed by atoms with E-state index in [1.165, 1.54) is 25.9 Å². The molecule has 0 aromatic heterocycles. The smallest absolute Gasteiger partial charge is 0.101 e. The van der Waals surface area contributed by atoms with Gasteiger partial charge in [-0.2, -0.15) is 0 Å². The van der Waals surface area contributed by atoms with Gasteiger partial charge in [0.05, 0.1) is 0 Å². The van der Waals surface area contributed by atoms with E-state index in [4.69, 9.17) is 5.41 Å². The Morgan fingerprint density at radius 1 is 1.31 bits per heavy atom. The fourth-order valence-corrected chi connectivity index (χ4v) is 2.33. The summed E-state index contributed by atoms with van der Waals surface area (Å²) in [5.74, 6) is 0.766. The Hall–Kier alpha value is -0.570. The van der Waals surface area contributed by atoms with Gasteiger partial charge in [0.15, 0.2) is 0 Å². The van der Waals surface area contributed by atoms with Crippen molar-refractivity contribution in [2.75, 3.05) is 26.7 Å². The summed E-state index contributed by atoms with van der Waals surface area (Å²) >= 11 is 0. The molecule has 1 N–H and O–H groups in total. The highest BCUT2D eigenvalue weighted by Crippen LogP contribution is 2.22. The number of nitrogens with one attached hydrogen (secondary N) is 1. The van der Waals surface area contributed by atoms with Gasteiger partial charge in [0.1, 0.15) is 5.84 Å². The van der Waals surface area contributed by atoms with Gasteiger partial charge in [-0.05, 0) is 19.4 Å². The van der Waals surface area contributed by atoms with Crippen LogP contribution in [0.5, 0.6) is 0 Å². The van der Waals surface area contributed by atoms with Crippen molar-refractivity contribution in [3.05, 3.63) is 0 Å². The molecule has 0 aromatic carbocycles. The molecule has 1 aliphatic rings. The normalized spacial score (nSPS) is 19.8. The lowest BCUT2D eigenvalue weighted by atomic mass is 9.92. The first-order valence-corrected chi connectivity index (χ1v) is 6.40. The van der Waals surface area contributed by atoms with Crippen molar-refractivity contribution in [3.63, 3.8) is 0 Å². The number of amidine groups is 1. The van der Waals surface area contributed by atoms with Gasteiger partial charge in [-0.15, -0.1) is 0 Å². The van der Waals surface area contributed by atoms with E-state index in [9.17, 15) is 0 Å². The lowest BCUT2D eigenvalue weighted by molar-refractivity contribution is 0.165. The average Bonchev–Trinajstić information content (AvgIpc) is 2.26. The molecule has 0 unspecified atom stereocenters. The van der Waals surface area contributed by atoms with E-state index < -0.39 is 0 Å². The van der Waals surface area contributed by atoms with Gasteiger partial charge in [0.2, 0.25) is 0 Å². The number of likely N-dealkylation sites (tertiary alicyclic amines) is 1. The molecule has 94 valence electrons. The number of hydrogen-bond donors (Lipinski definition) is 1. The van der Waals surface area contributed by atoms with Crippen LogP contribution >= 0.6 is 0 Å². The van der Waals surface area contributed by atoms with Crippen LogP contribution in [0.3, 0.4) is 0 Å². The van der Waals surface area contributed by atoms with Crippen LogP contribution in [0.1, 0.15) is 40.5 Å². The molecule has 0 atom stereocenters. The first-order chi connectivity index (χ1) is 7.36. The quantitative estimate of drug-likeness (QED) is 0.578. The Morgan fingerprint density at radius 3 is 2.19 bits per heavy atom. The molecule has 1 fully saturated rings. The number of nitrogens with zero attached hydrogens (tertiary/aromatic N) is 2. The molecule has 0 aliphatic carbocycles. The largest absolute Gasteiger partial charge is 0.360 e. The van der Waals surface area contributed by atoms with E-state index in [0.29, 0.717) is 6.04 Å². The highest BCUT2D eigenvalue weighted by molar-refractivity contribution is 5.84. The molecular weight excluding hydrogens is 198 g/mol. The van der Waals surface area contributed by atoms with Crippen molar-refractivity contribution in [2.45, 2.75) is 46.6 Å². The van der Waals surface area contributed by atoms with Crippen molar-refractivity contribution < 1.29 is 0 Å². The van der Waals surface area contributed by atoms with Gasteiger partial charge >= 0.3 is 0 Å². The lowest BCUT2D eigenvalue weighted by Gasteiger charge is -2.40. The summed E-state index contributed by atoms with van der Waals surface area (Å²) in [7, 11) is 2.08. The summed E-state index contributed by atoms with van der Waals surface area (Å²) in [5.41, 5.74) is -0.0311. The molecule has 1 aliphatic heterocycles. The molecule has 0 radical (unpaired) electrons. The fourth-order valence-electron chi connectivity index (χ4n) is 2.33. The fraction of sp³-hybridized carbons (Fsp3) is 0.923. The Bertz CT molecular complexity index is 234. The van der Waals surface area contributed by atoms with E-state index in [-0.39, 0.29) is 5.41 Å². The van der Waals surface area contributed by atoms with Gasteiger partial charge in [0.25, 0.3) is 0 Å². The predicted octanol–water partition coefficient (Wildman–Crippen LogP) is 2.43. The molecule has 0 bridgehead atoms. The second-order valence-corrected chi connectivity index (χ2v) is 5.87. The van der Waals surface area contributed by atoms with Crippen LogP contribution in [0.15, 0.2) is 0 Å². The third-order valence-electron chi connectivity index (χ3n) is 3.62. The van der Waals surface area contributed by atoms with Gasteiger partial charge in [-0.3, -0.25) is 5.41 Å². The summed E-state index contributed by atoms with van der Waals surface area (Å²) in [4.78, 5) is 4.68. The number of rotatable bonds is 2. The van der Waals surface area contributed by atoms with Crippen LogP contribution < -0.4 is 0 Å². The molecule has 1 rings (SSSR count). The number of hydrogen-bond acceptors (Lipinski definition) is 2. The minimum Gasteiger partial charge on any atom is -0.360 e. The van der Waals surface area contributed by atoms with Crippen molar-refractivity contribution in [3.8, 4) is 0 Å². The maximum absolute atomic E-state index is 8.19. The van der Waals surface area contributed by atoms with Crippen molar-refractivity contribution >= 4 is 5.84 Å². The standard InChI is InChI=1S/C13H27N3/c1-6-16-9-7-11(8-10-16)15(5)12(14)13(2,3)4/h11,14H,6-10H2,1-5H3. The Labute approximate surface area is 100 Å². The Kier molecular flexibility index (Phi) is 4.36. The molecule has 1 heterocycles. The first-order valence-electron chi connectivity index (χ1n) is 6.40. The second kappa shape index (κ2) is 5.17. The van der Waals surface area contributed by atoms with E-state index in [1.54, 1.807) is 0 Å². The van der Waals surface area contributed by atoms with E-state index in [0.717, 1.165) is 12.4 Å². The monoisotopic (exact) mass is 225 g/mol. The van der Waals surface area contributed by atoms with Gasteiger partial charge in [-0.25, -0.2) is 0 Å². The second-order valence-electron chi connectivity index (χ2n) is 5.87. The molecule has 0 saturated carbocycles. The van der Waals surface area contributed by atoms with Crippen molar-refractivity contribution in [2.24, 2.45) is 5.41 Å². The first kappa shape index (κ1) is 13.5. The van der Waals surface area contributed by atoms with Crippen LogP contribution in [-0.4, -0.2) is 48.4 Å². The maximum atomic E-state index is 8.19. The van der Waals surface area contributed by atoms with Crippen molar-refractivity contribution in [1.29, 1.82) is 5.41 Å². The zero-order chi connectivity index (χ0) is 12.3. The average molecular weight is 225 g/mol. The highest BCUT2D eigenvalue weighted by atomic mass is 15.2. The SMILES string of the molecule is CCN1CCC(N(C)C(=N)C(C)(C)C)CC1. The van der Waals surface area contributed by atoms with Crippen LogP contribution in [0, 0.1) is 10.8 Å². The molecule has 0 amide bonds. The molecule has 16 heavy (non-hydrogen) atoms. The molecule has 0 aromatic rings. The van der Waals surface area contributed by atoms with E-state index in [2.05, 4.69) is 44.5 Å². The van der Waals surface area contributed by atoms with Crippen LogP contribution in [-0.2, 0) is 0 Å². The summed E-state index contributed by atoms with van der Waals surface area (Å²) < 4.78 is 0. The maximum Gasteiger partial charge on any atom is 0.101 e. The Morgan fingerprint density at radius 2 is 1.81 bits per heavy atom. The van der Waals surface area contributed by atoms with Crippen LogP contribution in [0.25, 0.3) is 0 Å². The minimum absolute atomic E-state index is 0.0311. The summed E-state index contributed by atoms with van der Waals surface area (Å²) in [6, 6.07) is 0.564. The van der Waals surface area contributed by atoms with E-state index in [1.807, 2.05) is 0 Å². The Balaban J connectivity index is 2.50. The zero-order valence-corrected chi connectivity index (χ0v) is 11.5. The third-order valence-corrected chi connectivity index (χ3v) is 3.62. The predicted molar refractivity (Wildman–Crippen MR) is 70.1 cm³/mol. The minimum atomic E-state index is -0.0311. The summed E-state index contributed by atoms with van der Waals surface area (Å²) in [6.45, 7) is 12.1. The van der Waals surface area contributed by atoms with Crippen LogP contribution in [0.2, 0.25) is 0 Å². The lowest BCUT2D eigenvalue weighted by Crippen LogP contribution is -2.48. The summed E-state index contributed by atoms with van der Waals surface area (Å²) in [6.07, 6.45) is 2.39. The zero-order valence-electron chi connectivity index (χ0n) is 11.5. The molecule has 1 saturated heterocycles. The molecular formula is C13H27N3. The summed E-state index contributed by atoms with van der Waals surface area (Å²) in [5, 5.41) is 8.19. The number of piperidine rings is 1. The van der Waals surface area contributed by atoms with Gasteiger partial charge < -0.3 is 9.80 Å². The van der Waals surface area contributed by atoms with Gasteiger partial charge in [-0.1, -0.05) is 27.7 Å². The molecule has 3 nitrogen and oxygen atoms in total. The van der Waals surface area contributed by atoms with E-state index >= 15 is 0 Å².